The number of pyridine rings is 2. The van der Waals surface area contributed by atoms with Gasteiger partial charge in [0, 0.05) is 62.1 Å². The molecular formula is C32H30N6O5. The normalized spacial score (nSPS) is 13.6. The fourth-order valence-electron chi connectivity index (χ4n) is 4.91. The highest BCUT2D eigenvalue weighted by atomic mass is 16.4. The van der Waals surface area contributed by atoms with Crippen molar-refractivity contribution in [1.82, 2.24) is 20.2 Å². The maximum absolute atomic E-state index is 13.4. The number of piperazine rings is 1. The van der Waals surface area contributed by atoms with Gasteiger partial charge < -0.3 is 25.5 Å². The molecule has 1 aliphatic rings. The van der Waals surface area contributed by atoms with Gasteiger partial charge in [0.25, 0.3) is 17.7 Å². The molecule has 1 aliphatic heterocycles. The van der Waals surface area contributed by atoms with Crippen molar-refractivity contribution in [2.75, 3.05) is 36.4 Å². The number of carboxylic acid groups (broad SMARTS) is 1. The third-order valence-electron chi connectivity index (χ3n) is 7.13. The number of aromatic nitrogens is 2. The maximum atomic E-state index is 13.4. The summed E-state index contributed by atoms with van der Waals surface area (Å²) in [6.45, 7) is 1.94. The van der Waals surface area contributed by atoms with Crippen LogP contribution >= 0.6 is 0 Å². The highest BCUT2D eigenvalue weighted by Crippen LogP contribution is 2.30. The smallest absolute Gasteiger partial charge is 0.305 e. The number of nitrogens with one attached hydrogen (secondary N) is 2. The van der Waals surface area contributed by atoms with Crippen LogP contribution in [0.1, 0.15) is 49.1 Å². The summed E-state index contributed by atoms with van der Waals surface area (Å²) in [4.78, 5) is 62.8. The zero-order chi connectivity index (χ0) is 30.2. The van der Waals surface area contributed by atoms with E-state index in [2.05, 4.69) is 25.5 Å². The van der Waals surface area contributed by atoms with Gasteiger partial charge >= 0.3 is 5.97 Å². The number of anilines is 2. The quantitative estimate of drug-likeness (QED) is 0.273. The largest absolute Gasteiger partial charge is 0.481 e. The molecular weight excluding hydrogens is 548 g/mol. The lowest BCUT2D eigenvalue weighted by atomic mass is 10.0. The molecule has 4 aromatic rings. The number of hydrogen-bond acceptors (Lipinski definition) is 7. The van der Waals surface area contributed by atoms with Crippen LogP contribution in [-0.4, -0.2) is 69.8 Å². The van der Waals surface area contributed by atoms with E-state index in [0.717, 1.165) is 0 Å². The van der Waals surface area contributed by atoms with Gasteiger partial charge in [-0.2, -0.15) is 0 Å². The Labute approximate surface area is 248 Å². The molecule has 0 bridgehead atoms. The molecule has 1 atom stereocenters. The lowest BCUT2D eigenvalue weighted by Crippen LogP contribution is -2.49. The van der Waals surface area contributed by atoms with Gasteiger partial charge in [0.1, 0.15) is 0 Å². The van der Waals surface area contributed by atoms with E-state index in [0.29, 0.717) is 54.2 Å². The number of aliphatic carboxylic acids is 1. The van der Waals surface area contributed by atoms with Gasteiger partial charge in [0.05, 0.1) is 29.4 Å². The van der Waals surface area contributed by atoms with Crippen LogP contribution in [-0.2, 0) is 4.79 Å². The monoisotopic (exact) mass is 578 g/mol. The summed E-state index contributed by atoms with van der Waals surface area (Å²) in [5.74, 6) is -2.00. The summed E-state index contributed by atoms with van der Waals surface area (Å²) < 4.78 is 0. The molecule has 43 heavy (non-hydrogen) atoms. The molecule has 1 unspecified atom stereocenters. The zero-order valence-corrected chi connectivity index (χ0v) is 23.2. The average molecular weight is 579 g/mol. The van der Waals surface area contributed by atoms with Crippen LogP contribution in [0.4, 0.5) is 11.4 Å². The number of hydrogen-bond donors (Lipinski definition) is 3. The summed E-state index contributed by atoms with van der Waals surface area (Å²) in [7, 11) is 0. The molecule has 11 heteroatoms. The number of benzene rings is 2. The van der Waals surface area contributed by atoms with E-state index in [1.54, 1.807) is 90.2 Å². The van der Waals surface area contributed by atoms with Gasteiger partial charge in [-0.25, -0.2) is 0 Å². The van der Waals surface area contributed by atoms with Gasteiger partial charge in [-0.15, -0.1) is 0 Å². The summed E-state index contributed by atoms with van der Waals surface area (Å²) >= 11 is 0. The lowest BCUT2D eigenvalue weighted by Gasteiger charge is -2.37. The Hall–Kier alpha value is -5.58. The SMILES string of the molecule is O=C(O)CC(NC(=O)c1ccc(N2CCN(C(=O)c3cccnc3)CC2)c(NC(=O)c2ccccc2)c1)c1cccnc1. The van der Waals surface area contributed by atoms with Crippen LogP contribution < -0.4 is 15.5 Å². The first-order valence-corrected chi connectivity index (χ1v) is 13.8. The minimum absolute atomic E-state index is 0.0955. The minimum Gasteiger partial charge on any atom is -0.481 e. The molecule has 3 N–H and O–H groups in total. The van der Waals surface area contributed by atoms with Crippen LogP contribution in [0.25, 0.3) is 0 Å². The van der Waals surface area contributed by atoms with Crippen LogP contribution in [0.5, 0.6) is 0 Å². The maximum Gasteiger partial charge on any atom is 0.305 e. The first kappa shape index (κ1) is 28.9. The van der Waals surface area contributed by atoms with Crippen LogP contribution in [0.2, 0.25) is 0 Å². The van der Waals surface area contributed by atoms with Crippen LogP contribution in [0.3, 0.4) is 0 Å². The topological polar surface area (TPSA) is 145 Å². The van der Waals surface area contributed by atoms with Crippen LogP contribution in [0.15, 0.2) is 97.6 Å². The molecule has 2 aromatic heterocycles. The fraction of sp³-hybridized carbons (Fsp3) is 0.188. The highest BCUT2D eigenvalue weighted by Gasteiger charge is 2.26. The molecule has 11 nitrogen and oxygen atoms in total. The Morgan fingerprint density at radius 3 is 2.12 bits per heavy atom. The van der Waals surface area contributed by atoms with E-state index in [-0.39, 0.29) is 23.8 Å². The first-order chi connectivity index (χ1) is 20.9. The summed E-state index contributed by atoms with van der Waals surface area (Å²) in [6.07, 6.45) is 5.93. The van der Waals surface area contributed by atoms with Crippen molar-refractivity contribution >= 4 is 35.1 Å². The number of amides is 3. The lowest BCUT2D eigenvalue weighted by molar-refractivity contribution is -0.137. The van der Waals surface area contributed by atoms with Crippen molar-refractivity contribution < 1.29 is 24.3 Å². The number of carbonyl (C=O) groups is 4. The van der Waals surface area contributed by atoms with Crippen molar-refractivity contribution in [1.29, 1.82) is 0 Å². The van der Waals surface area contributed by atoms with E-state index in [1.807, 2.05) is 6.07 Å². The number of nitrogens with zero attached hydrogens (tertiary/aromatic N) is 4. The standard InChI is InChI=1S/C32H30N6O5/c39-29(40)19-26(24-8-4-12-33-20-24)35-31(42)23-10-11-28(27(18-23)36-30(41)22-6-2-1-3-7-22)37-14-16-38(17-15-37)32(43)25-9-5-13-34-21-25/h1-13,18,20-21,26H,14-17,19H2,(H,35,42)(H,36,41)(H,39,40). The molecule has 3 amide bonds. The summed E-state index contributed by atoms with van der Waals surface area (Å²) in [5.41, 5.74) is 2.90. The molecule has 1 fully saturated rings. The third-order valence-corrected chi connectivity index (χ3v) is 7.13. The van der Waals surface area contributed by atoms with Gasteiger partial charge in [-0.05, 0) is 54.1 Å². The van der Waals surface area contributed by atoms with E-state index < -0.39 is 17.9 Å². The molecule has 3 heterocycles. The van der Waals surface area contributed by atoms with Crippen molar-refractivity contribution in [3.8, 4) is 0 Å². The second-order valence-corrected chi connectivity index (χ2v) is 9.98. The van der Waals surface area contributed by atoms with Crippen molar-refractivity contribution in [3.63, 3.8) is 0 Å². The molecule has 1 saturated heterocycles. The third kappa shape index (κ3) is 7.20. The molecule has 0 spiro atoms. The van der Waals surface area contributed by atoms with E-state index >= 15 is 0 Å². The minimum atomic E-state index is -1.07. The van der Waals surface area contributed by atoms with E-state index in [1.165, 1.54) is 6.20 Å². The van der Waals surface area contributed by atoms with Gasteiger partial charge in [0.15, 0.2) is 0 Å². The van der Waals surface area contributed by atoms with E-state index in [9.17, 15) is 24.3 Å². The predicted octanol–water partition coefficient (Wildman–Crippen LogP) is 3.64. The summed E-state index contributed by atoms with van der Waals surface area (Å²) in [5, 5.41) is 15.2. The zero-order valence-electron chi connectivity index (χ0n) is 23.2. The molecule has 0 aliphatic carbocycles. The Morgan fingerprint density at radius 2 is 1.47 bits per heavy atom. The second kappa shape index (κ2) is 13.4. The Bertz CT molecular complexity index is 1590. The van der Waals surface area contributed by atoms with Crippen molar-refractivity contribution in [2.24, 2.45) is 0 Å². The second-order valence-electron chi connectivity index (χ2n) is 9.98. The number of rotatable bonds is 9. The molecule has 0 saturated carbocycles. The number of carbonyl (C=O) groups excluding carboxylic acids is 3. The van der Waals surface area contributed by atoms with E-state index in [4.69, 9.17) is 0 Å². The Kier molecular flexibility index (Phi) is 9.01. The van der Waals surface area contributed by atoms with Gasteiger partial charge in [-0.1, -0.05) is 24.3 Å². The highest BCUT2D eigenvalue weighted by molar-refractivity contribution is 6.07. The van der Waals surface area contributed by atoms with Gasteiger partial charge in [-0.3, -0.25) is 29.1 Å². The summed E-state index contributed by atoms with van der Waals surface area (Å²) in [6, 6.07) is 19.7. The fourth-order valence-corrected chi connectivity index (χ4v) is 4.91. The molecule has 0 radical (unpaired) electrons. The first-order valence-electron chi connectivity index (χ1n) is 13.8. The predicted molar refractivity (Wildman–Crippen MR) is 160 cm³/mol. The Morgan fingerprint density at radius 1 is 0.767 bits per heavy atom. The van der Waals surface area contributed by atoms with Crippen molar-refractivity contribution in [3.05, 3.63) is 120 Å². The average Bonchev–Trinajstić information content (AvgIpc) is 3.05. The van der Waals surface area contributed by atoms with Crippen LogP contribution in [0, 0.1) is 0 Å². The van der Waals surface area contributed by atoms with Gasteiger partial charge in [0.2, 0.25) is 0 Å². The molecule has 2 aromatic carbocycles. The molecule has 5 rings (SSSR count). The number of carboxylic acids is 1. The molecule has 218 valence electrons. The Balaban J connectivity index is 1.38. The van der Waals surface area contributed by atoms with Crippen molar-refractivity contribution in [2.45, 2.75) is 12.5 Å².